The molecule has 0 bridgehead atoms. The Hall–Kier alpha value is -1.07. The molecule has 102 valence electrons. The lowest BCUT2D eigenvalue weighted by molar-refractivity contribution is 0.544. The summed E-state index contributed by atoms with van der Waals surface area (Å²) in [7, 11) is -2.37. The topological polar surface area (TPSA) is 17.1 Å². The Morgan fingerprint density at radius 2 is 1.68 bits per heavy atom. The van der Waals surface area contributed by atoms with E-state index in [-0.39, 0.29) is 10.8 Å². The van der Waals surface area contributed by atoms with Gasteiger partial charge in [-0.25, -0.2) is 0 Å². The maximum absolute atomic E-state index is 13.7. The number of hydrogen-bond acceptors (Lipinski definition) is 1. The van der Waals surface area contributed by atoms with E-state index in [1.807, 2.05) is 18.2 Å². The highest BCUT2D eigenvalue weighted by Crippen LogP contribution is 2.64. The molecule has 2 rings (SSSR count). The van der Waals surface area contributed by atoms with Crippen molar-refractivity contribution in [1.29, 1.82) is 0 Å². The number of allylic oxidation sites excluding steroid dienone is 4. The van der Waals surface area contributed by atoms with Crippen LogP contribution < -0.4 is 0 Å². The van der Waals surface area contributed by atoms with E-state index in [1.54, 1.807) is 0 Å². The second kappa shape index (κ2) is 5.51. The maximum atomic E-state index is 13.7. The highest BCUT2D eigenvalue weighted by Gasteiger charge is 2.41. The molecular weight excluding hydrogens is 251 g/mol. The van der Waals surface area contributed by atoms with Gasteiger partial charge in [-0.3, -0.25) is 0 Å². The van der Waals surface area contributed by atoms with Gasteiger partial charge in [0.05, 0.1) is 0 Å². The summed E-state index contributed by atoms with van der Waals surface area (Å²) in [4.78, 5) is 0. The second-order valence-corrected chi connectivity index (χ2v) is 10.0. The molecule has 1 aliphatic rings. The molecule has 0 saturated carbocycles. The smallest absolute Gasteiger partial charge is 0.107 e. The van der Waals surface area contributed by atoms with E-state index in [2.05, 4.69) is 57.2 Å². The molecule has 1 aromatic carbocycles. The molecular formula is C17H23OP. The van der Waals surface area contributed by atoms with E-state index in [9.17, 15) is 4.57 Å². The molecule has 0 spiro atoms. The summed E-state index contributed by atoms with van der Waals surface area (Å²) in [5.74, 6) is 0. The molecule has 0 fully saturated rings. The van der Waals surface area contributed by atoms with E-state index in [0.717, 1.165) is 6.42 Å². The zero-order valence-corrected chi connectivity index (χ0v) is 12.9. The Bertz CT molecular complexity index is 508. The predicted octanol–water partition coefficient (Wildman–Crippen LogP) is 5.23. The molecule has 1 unspecified atom stereocenters. The van der Waals surface area contributed by atoms with Crippen LogP contribution in [0.25, 0.3) is 0 Å². The third kappa shape index (κ3) is 3.09. The van der Waals surface area contributed by atoms with Crippen LogP contribution in [0.1, 0.15) is 32.8 Å². The van der Waals surface area contributed by atoms with Crippen LogP contribution in [0.4, 0.5) is 0 Å². The van der Waals surface area contributed by atoms with Gasteiger partial charge < -0.3 is 4.57 Å². The lowest BCUT2D eigenvalue weighted by atomic mass is 10.2. The van der Waals surface area contributed by atoms with E-state index in [1.165, 1.54) is 5.56 Å². The largest absolute Gasteiger partial charge is 0.322 e. The van der Waals surface area contributed by atoms with Crippen molar-refractivity contribution in [3.8, 4) is 0 Å². The Kier molecular flexibility index (Phi) is 4.16. The van der Waals surface area contributed by atoms with E-state index < -0.39 is 7.14 Å². The molecule has 0 radical (unpaired) electrons. The molecule has 0 heterocycles. The van der Waals surface area contributed by atoms with Crippen molar-refractivity contribution >= 4 is 7.14 Å². The predicted molar refractivity (Wildman–Crippen MR) is 84.2 cm³/mol. The molecule has 1 nitrogen and oxygen atoms in total. The molecule has 19 heavy (non-hydrogen) atoms. The summed E-state index contributed by atoms with van der Waals surface area (Å²) in [5.41, 5.74) is 1.26. The van der Waals surface area contributed by atoms with E-state index in [4.69, 9.17) is 0 Å². The van der Waals surface area contributed by atoms with Crippen molar-refractivity contribution in [2.24, 2.45) is 0 Å². The van der Waals surface area contributed by atoms with Crippen LogP contribution in [0.5, 0.6) is 0 Å². The van der Waals surface area contributed by atoms with Gasteiger partial charge >= 0.3 is 0 Å². The first kappa shape index (κ1) is 14.3. The average molecular weight is 274 g/mol. The minimum absolute atomic E-state index is 0.0847. The van der Waals surface area contributed by atoms with Crippen molar-refractivity contribution in [2.75, 3.05) is 0 Å². The van der Waals surface area contributed by atoms with Gasteiger partial charge in [0.15, 0.2) is 0 Å². The van der Waals surface area contributed by atoms with Gasteiger partial charge in [0.1, 0.15) is 7.14 Å². The molecule has 1 aromatic rings. The van der Waals surface area contributed by atoms with Gasteiger partial charge in [-0.1, -0.05) is 75.4 Å². The summed E-state index contributed by atoms with van der Waals surface area (Å²) in [5, 5.41) is -0.181. The van der Waals surface area contributed by atoms with Crippen LogP contribution in [0, 0.1) is 0 Å². The molecule has 2 heteroatoms. The van der Waals surface area contributed by atoms with Gasteiger partial charge in [0, 0.05) is 17.0 Å². The Balaban J connectivity index is 2.36. The van der Waals surface area contributed by atoms with Crippen LogP contribution in [0.15, 0.2) is 54.6 Å². The molecule has 1 atom stereocenters. The molecule has 0 aliphatic heterocycles. The fourth-order valence-electron chi connectivity index (χ4n) is 2.50. The van der Waals surface area contributed by atoms with Gasteiger partial charge in [-0.2, -0.15) is 0 Å². The fourth-order valence-corrected chi connectivity index (χ4v) is 5.63. The van der Waals surface area contributed by atoms with Crippen LogP contribution >= 0.6 is 7.14 Å². The quantitative estimate of drug-likeness (QED) is 0.544. The molecule has 0 amide bonds. The lowest BCUT2D eigenvalue weighted by Crippen LogP contribution is -2.23. The normalized spacial score (nSPS) is 19.3. The summed E-state index contributed by atoms with van der Waals surface area (Å²) < 4.78 is 13.7. The zero-order valence-electron chi connectivity index (χ0n) is 12.0. The summed E-state index contributed by atoms with van der Waals surface area (Å²) in [6.45, 7) is 6.31. The highest BCUT2D eigenvalue weighted by atomic mass is 31.2. The monoisotopic (exact) mass is 274 g/mol. The first-order chi connectivity index (χ1) is 8.93. The van der Waals surface area contributed by atoms with Gasteiger partial charge in [0.25, 0.3) is 0 Å². The highest BCUT2D eigenvalue weighted by molar-refractivity contribution is 7.65. The number of rotatable bonds is 3. The van der Waals surface area contributed by atoms with Crippen LogP contribution in [0.2, 0.25) is 0 Å². The minimum Gasteiger partial charge on any atom is -0.322 e. The Labute approximate surface area is 116 Å². The lowest BCUT2D eigenvalue weighted by Gasteiger charge is -2.36. The van der Waals surface area contributed by atoms with Crippen LogP contribution in [-0.2, 0) is 10.7 Å². The summed E-state index contributed by atoms with van der Waals surface area (Å²) >= 11 is 0. The Morgan fingerprint density at radius 3 is 2.21 bits per heavy atom. The third-order valence-corrected chi connectivity index (χ3v) is 8.23. The van der Waals surface area contributed by atoms with Gasteiger partial charge in [-0.15, -0.1) is 0 Å². The first-order valence-electron chi connectivity index (χ1n) is 6.89. The van der Waals surface area contributed by atoms with Gasteiger partial charge in [0.2, 0.25) is 0 Å². The molecule has 0 aromatic heterocycles. The summed E-state index contributed by atoms with van der Waals surface area (Å²) in [6.07, 6.45) is 10.2. The van der Waals surface area contributed by atoms with Crippen LogP contribution in [0.3, 0.4) is 0 Å². The summed E-state index contributed by atoms with van der Waals surface area (Å²) in [6, 6.07) is 10.2. The fraction of sp³-hybridized carbons (Fsp3) is 0.412. The van der Waals surface area contributed by atoms with Crippen molar-refractivity contribution in [2.45, 2.75) is 44.2 Å². The SMILES string of the molecule is CC(C)(C)P(=O)(Cc1ccccc1)C1C=CCC=C1. The maximum Gasteiger partial charge on any atom is 0.107 e. The Morgan fingerprint density at radius 1 is 1.11 bits per heavy atom. The molecule has 0 saturated heterocycles. The molecule has 1 aliphatic carbocycles. The first-order valence-corrected chi connectivity index (χ1v) is 8.86. The van der Waals surface area contributed by atoms with Crippen LogP contribution in [-0.4, -0.2) is 10.8 Å². The minimum atomic E-state index is -2.37. The number of benzene rings is 1. The molecule has 0 N–H and O–H groups in total. The van der Waals surface area contributed by atoms with E-state index >= 15 is 0 Å². The number of hydrogen-bond donors (Lipinski definition) is 0. The van der Waals surface area contributed by atoms with Crippen molar-refractivity contribution < 1.29 is 4.57 Å². The van der Waals surface area contributed by atoms with E-state index in [0.29, 0.717) is 6.16 Å². The third-order valence-electron chi connectivity index (χ3n) is 3.82. The second-order valence-electron chi connectivity index (χ2n) is 6.19. The zero-order chi connectivity index (χ0) is 13.9. The average Bonchev–Trinajstić information content (AvgIpc) is 2.39. The van der Waals surface area contributed by atoms with Crippen molar-refractivity contribution in [1.82, 2.24) is 0 Å². The van der Waals surface area contributed by atoms with Crippen molar-refractivity contribution in [3.05, 3.63) is 60.2 Å². The van der Waals surface area contributed by atoms with Crippen molar-refractivity contribution in [3.63, 3.8) is 0 Å². The standard InChI is InChI=1S/C17H23OP/c1-17(2,3)19(18,16-12-8-5-9-13-16)14-15-10-6-4-7-11-15/h4,6-13,16H,5,14H2,1-3H3. The van der Waals surface area contributed by atoms with Gasteiger partial charge in [-0.05, 0) is 12.0 Å².